The highest BCUT2D eigenvalue weighted by molar-refractivity contribution is 7.92. The Labute approximate surface area is 231 Å². The number of carbonyl (C=O) groups excluding carboxylic acids is 2. The van der Waals surface area contributed by atoms with Gasteiger partial charge in [0.2, 0.25) is 21.8 Å². The zero-order valence-electron chi connectivity index (χ0n) is 22.0. The molecule has 0 aliphatic carbocycles. The molecule has 7 nitrogen and oxygen atoms in total. The van der Waals surface area contributed by atoms with Crippen LogP contribution >= 0.6 is 23.2 Å². The molecule has 0 spiro atoms. The molecule has 2 aromatic rings. The monoisotopic (exact) mass is 569 g/mol. The van der Waals surface area contributed by atoms with Crippen molar-refractivity contribution in [3.63, 3.8) is 0 Å². The van der Waals surface area contributed by atoms with Gasteiger partial charge in [0.15, 0.2) is 0 Å². The Morgan fingerprint density at radius 3 is 2.35 bits per heavy atom. The third-order valence-electron chi connectivity index (χ3n) is 6.11. The van der Waals surface area contributed by atoms with Crippen molar-refractivity contribution in [1.29, 1.82) is 0 Å². The van der Waals surface area contributed by atoms with Crippen LogP contribution in [0.4, 0.5) is 5.69 Å². The quantitative estimate of drug-likeness (QED) is 0.301. The van der Waals surface area contributed by atoms with E-state index in [2.05, 4.69) is 5.32 Å². The summed E-state index contributed by atoms with van der Waals surface area (Å²) in [5.41, 5.74) is 2.09. The van der Waals surface area contributed by atoms with E-state index in [-0.39, 0.29) is 31.3 Å². The van der Waals surface area contributed by atoms with Crippen LogP contribution in [0.1, 0.15) is 57.1 Å². The summed E-state index contributed by atoms with van der Waals surface area (Å²) in [6.45, 7) is 6.57. The molecule has 2 rings (SSSR count). The summed E-state index contributed by atoms with van der Waals surface area (Å²) in [5, 5.41) is 3.82. The summed E-state index contributed by atoms with van der Waals surface area (Å²) < 4.78 is 26.4. The van der Waals surface area contributed by atoms with Crippen molar-refractivity contribution < 1.29 is 18.0 Å². The van der Waals surface area contributed by atoms with E-state index >= 15 is 0 Å². The largest absolute Gasteiger partial charge is 0.354 e. The highest BCUT2D eigenvalue weighted by Gasteiger charge is 2.29. The maximum Gasteiger partial charge on any atom is 0.242 e. The van der Waals surface area contributed by atoms with E-state index in [1.165, 1.54) is 9.21 Å². The number of sulfonamides is 1. The van der Waals surface area contributed by atoms with Gasteiger partial charge in [-0.05, 0) is 55.5 Å². The Morgan fingerprint density at radius 1 is 1.05 bits per heavy atom. The van der Waals surface area contributed by atoms with Crippen molar-refractivity contribution in [3.05, 3.63) is 63.6 Å². The van der Waals surface area contributed by atoms with Gasteiger partial charge in [-0.3, -0.25) is 13.9 Å². The van der Waals surface area contributed by atoms with Crippen molar-refractivity contribution in [2.75, 3.05) is 23.7 Å². The molecule has 0 bridgehead atoms. The van der Waals surface area contributed by atoms with Gasteiger partial charge in [0.1, 0.15) is 6.04 Å². The average Bonchev–Trinajstić information content (AvgIpc) is 2.83. The maximum absolute atomic E-state index is 13.5. The molecule has 1 N–H and O–H groups in total. The highest BCUT2D eigenvalue weighted by atomic mass is 35.5. The number of benzene rings is 2. The van der Waals surface area contributed by atoms with Crippen molar-refractivity contribution in [2.45, 2.75) is 65.5 Å². The van der Waals surface area contributed by atoms with Gasteiger partial charge in [0.05, 0.1) is 11.9 Å². The van der Waals surface area contributed by atoms with Crippen LogP contribution in [0.2, 0.25) is 10.0 Å². The van der Waals surface area contributed by atoms with E-state index < -0.39 is 16.1 Å². The second-order valence-electron chi connectivity index (χ2n) is 9.05. The van der Waals surface area contributed by atoms with Gasteiger partial charge >= 0.3 is 0 Å². The fourth-order valence-corrected chi connectivity index (χ4v) is 5.58. The number of hydrogen-bond donors (Lipinski definition) is 1. The molecule has 0 saturated heterocycles. The Balaban J connectivity index is 2.24. The van der Waals surface area contributed by atoms with Crippen LogP contribution in [-0.2, 0) is 26.2 Å². The number of hydrogen-bond acceptors (Lipinski definition) is 4. The number of anilines is 1. The Hall–Kier alpha value is -2.29. The molecule has 1 atom stereocenters. The van der Waals surface area contributed by atoms with Crippen LogP contribution in [0, 0.1) is 6.92 Å². The van der Waals surface area contributed by atoms with E-state index in [1.807, 2.05) is 32.9 Å². The average molecular weight is 571 g/mol. The minimum Gasteiger partial charge on any atom is -0.354 e. The Kier molecular flexibility index (Phi) is 12.2. The van der Waals surface area contributed by atoms with Crippen molar-refractivity contribution in [3.8, 4) is 0 Å². The second-order valence-corrected chi connectivity index (χ2v) is 11.8. The number of halogens is 2. The predicted molar refractivity (Wildman–Crippen MR) is 152 cm³/mol. The number of amides is 2. The third-order valence-corrected chi connectivity index (χ3v) is 7.87. The molecule has 10 heteroatoms. The number of rotatable bonds is 14. The minimum absolute atomic E-state index is 0.0713. The number of para-hydroxylation sites is 1. The first-order valence-corrected chi connectivity index (χ1v) is 15.1. The number of unbranched alkanes of at least 4 members (excludes halogenated alkanes) is 1. The molecule has 0 aliphatic rings. The summed E-state index contributed by atoms with van der Waals surface area (Å²) in [4.78, 5) is 28.1. The topological polar surface area (TPSA) is 86.8 Å². The van der Waals surface area contributed by atoms with Crippen LogP contribution in [0.25, 0.3) is 0 Å². The Bertz CT molecular complexity index is 1170. The summed E-state index contributed by atoms with van der Waals surface area (Å²) in [5.74, 6) is -0.464. The summed E-state index contributed by atoms with van der Waals surface area (Å²) >= 11 is 12.4. The Morgan fingerprint density at radius 2 is 1.76 bits per heavy atom. The fourth-order valence-electron chi connectivity index (χ4n) is 4.08. The molecule has 2 amide bonds. The lowest BCUT2D eigenvalue weighted by molar-refractivity contribution is -0.141. The zero-order chi connectivity index (χ0) is 27.6. The lowest BCUT2D eigenvalue weighted by atomic mass is 10.1. The van der Waals surface area contributed by atoms with Gasteiger partial charge < -0.3 is 10.2 Å². The van der Waals surface area contributed by atoms with Crippen molar-refractivity contribution >= 4 is 50.7 Å². The van der Waals surface area contributed by atoms with Gasteiger partial charge in [0.25, 0.3) is 0 Å². The van der Waals surface area contributed by atoms with Crippen LogP contribution in [0.3, 0.4) is 0 Å². The van der Waals surface area contributed by atoms with E-state index in [0.717, 1.165) is 24.7 Å². The first-order chi connectivity index (χ1) is 17.5. The first kappa shape index (κ1) is 30.9. The molecule has 0 saturated carbocycles. The number of aryl methyl sites for hydroxylation is 1. The van der Waals surface area contributed by atoms with Crippen molar-refractivity contribution in [1.82, 2.24) is 10.2 Å². The summed E-state index contributed by atoms with van der Waals surface area (Å²) in [7, 11) is -3.55. The van der Waals surface area contributed by atoms with Crippen LogP contribution in [0.15, 0.2) is 42.5 Å². The molecule has 0 aliphatic heterocycles. The molecule has 204 valence electrons. The number of nitrogens with zero attached hydrogens (tertiary/aromatic N) is 2. The van der Waals surface area contributed by atoms with Gasteiger partial charge in [-0.25, -0.2) is 8.42 Å². The van der Waals surface area contributed by atoms with E-state index in [0.29, 0.717) is 40.7 Å². The first-order valence-electron chi connectivity index (χ1n) is 12.5. The molecular formula is C27H37Cl2N3O4S. The van der Waals surface area contributed by atoms with Crippen molar-refractivity contribution in [2.24, 2.45) is 0 Å². The highest BCUT2D eigenvalue weighted by Crippen LogP contribution is 2.25. The number of nitrogens with one attached hydrogen (secondary N) is 1. The third kappa shape index (κ3) is 9.20. The molecule has 0 fully saturated rings. The second kappa shape index (κ2) is 14.6. The maximum atomic E-state index is 13.5. The summed E-state index contributed by atoms with van der Waals surface area (Å²) in [6, 6.07) is 11.6. The SMILES string of the molecule is CCCCNC(=O)C(CC)N(Cc1ccc(Cl)cc1Cl)C(=O)CCCN(c1ccccc1C)S(C)(=O)=O. The van der Waals surface area contributed by atoms with E-state index in [1.54, 1.807) is 30.3 Å². The van der Waals surface area contributed by atoms with Gasteiger partial charge in [-0.15, -0.1) is 0 Å². The smallest absolute Gasteiger partial charge is 0.242 e. The van der Waals surface area contributed by atoms with Crippen LogP contribution in [0.5, 0.6) is 0 Å². The lowest BCUT2D eigenvalue weighted by Gasteiger charge is -2.31. The van der Waals surface area contributed by atoms with Gasteiger partial charge in [0, 0.05) is 36.1 Å². The lowest BCUT2D eigenvalue weighted by Crippen LogP contribution is -2.49. The zero-order valence-corrected chi connectivity index (χ0v) is 24.3. The molecule has 1 unspecified atom stereocenters. The predicted octanol–water partition coefficient (Wildman–Crippen LogP) is 5.57. The number of carbonyl (C=O) groups is 2. The molecule has 37 heavy (non-hydrogen) atoms. The standard InChI is InChI=1S/C27H37Cl2N3O4S/c1-5-7-16-30-27(34)24(6-2)31(19-21-14-15-22(28)18-23(21)29)26(33)13-10-17-32(37(4,35)36)25-12-9-8-11-20(25)3/h8-9,11-12,14-15,18,24H,5-7,10,13,16-17,19H2,1-4H3,(H,30,34). The van der Waals surface area contributed by atoms with Gasteiger partial charge in [-0.1, -0.05) is 67.7 Å². The molecular weight excluding hydrogens is 533 g/mol. The van der Waals surface area contributed by atoms with E-state index in [9.17, 15) is 18.0 Å². The molecule has 0 aromatic heterocycles. The van der Waals surface area contributed by atoms with Crippen LogP contribution in [-0.4, -0.2) is 50.5 Å². The van der Waals surface area contributed by atoms with Gasteiger partial charge in [-0.2, -0.15) is 0 Å². The van der Waals surface area contributed by atoms with Crippen LogP contribution < -0.4 is 9.62 Å². The normalized spacial score (nSPS) is 12.2. The van der Waals surface area contributed by atoms with E-state index in [4.69, 9.17) is 23.2 Å². The molecule has 0 heterocycles. The summed E-state index contributed by atoms with van der Waals surface area (Å²) in [6.07, 6.45) is 3.73. The molecule has 2 aromatic carbocycles. The molecule has 0 radical (unpaired) electrons. The minimum atomic E-state index is -3.55. The fraction of sp³-hybridized carbons (Fsp3) is 0.481.